The molecule has 0 bridgehead atoms. The van der Waals surface area contributed by atoms with Crippen molar-refractivity contribution in [2.45, 2.75) is 5.60 Å². The number of hydrogen-bond donors (Lipinski definition) is 1. The van der Waals surface area contributed by atoms with Crippen molar-refractivity contribution in [1.82, 2.24) is 19.5 Å². The highest BCUT2D eigenvalue weighted by molar-refractivity contribution is 6.38. The first-order chi connectivity index (χ1) is 16.4. The van der Waals surface area contributed by atoms with Gasteiger partial charge < -0.3 is 14.6 Å². The van der Waals surface area contributed by atoms with Gasteiger partial charge in [0.1, 0.15) is 5.82 Å². The summed E-state index contributed by atoms with van der Waals surface area (Å²) in [4.78, 5) is 15.6. The number of hydrogen-bond acceptors (Lipinski definition) is 5. The molecule has 6 nitrogen and oxygen atoms in total. The van der Waals surface area contributed by atoms with Crippen LogP contribution >= 0.6 is 11.6 Å². The molecule has 3 aromatic heterocycles. The fourth-order valence-corrected chi connectivity index (χ4v) is 4.68. The smallest absolute Gasteiger partial charge is 0.173 e. The molecule has 7 heteroatoms. The van der Waals surface area contributed by atoms with Gasteiger partial charge in [0.15, 0.2) is 5.60 Å². The van der Waals surface area contributed by atoms with Gasteiger partial charge in [0.05, 0.1) is 34.5 Å². The van der Waals surface area contributed by atoms with E-state index in [9.17, 15) is 5.11 Å². The number of aliphatic hydroxyl groups is 1. The number of pyridine rings is 2. The van der Waals surface area contributed by atoms with Gasteiger partial charge in [0, 0.05) is 38.3 Å². The Morgan fingerprint density at radius 2 is 1.76 bits per heavy atom. The minimum Gasteiger partial charge on any atom is -0.373 e. The number of rotatable bonds is 5. The number of aryl methyl sites for hydroxylation is 1. The van der Waals surface area contributed by atoms with Crippen molar-refractivity contribution < 1.29 is 5.11 Å². The van der Waals surface area contributed by atoms with E-state index >= 15 is 0 Å². The van der Waals surface area contributed by atoms with Crippen LogP contribution in [0.1, 0.15) is 17.0 Å². The molecule has 1 unspecified atom stereocenters. The Bertz CT molecular complexity index is 1470. The first-order valence-corrected chi connectivity index (χ1v) is 11.3. The Labute approximate surface area is 203 Å². The van der Waals surface area contributed by atoms with Crippen LogP contribution < -0.4 is 4.90 Å². The molecule has 3 heterocycles. The average Bonchev–Trinajstić information content (AvgIpc) is 3.30. The topological polar surface area (TPSA) is 67.1 Å². The Morgan fingerprint density at radius 1 is 1.00 bits per heavy atom. The molecule has 0 saturated carbocycles. The van der Waals surface area contributed by atoms with Gasteiger partial charge in [0.2, 0.25) is 0 Å². The summed E-state index contributed by atoms with van der Waals surface area (Å²) < 4.78 is 1.79. The third-order valence-electron chi connectivity index (χ3n) is 6.03. The molecular weight excluding hydrogens is 446 g/mol. The molecule has 1 N–H and O–H groups in total. The summed E-state index contributed by atoms with van der Waals surface area (Å²) in [5.41, 5.74) is 2.75. The molecule has 34 heavy (non-hydrogen) atoms. The van der Waals surface area contributed by atoms with Gasteiger partial charge in [-0.25, -0.2) is 9.97 Å². The van der Waals surface area contributed by atoms with E-state index in [-0.39, 0.29) is 0 Å². The van der Waals surface area contributed by atoms with E-state index in [0.29, 0.717) is 22.0 Å². The predicted octanol–water partition coefficient (Wildman–Crippen LogP) is 5.03. The lowest BCUT2D eigenvalue weighted by molar-refractivity contribution is 0.113. The second kappa shape index (κ2) is 8.56. The second-order valence-electron chi connectivity index (χ2n) is 8.43. The van der Waals surface area contributed by atoms with Gasteiger partial charge in [-0.2, -0.15) is 0 Å². The molecule has 0 fully saturated rings. The van der Waals surface area contributed by atoms with Crippen LogP contribution in [-0.2, 0) is 12.6 Å². The van der Waals surface area contributed by atoms with Crippen molar-refractivity contribution in [1.29, 1.82) is 0 Å². The highest BCUT2D eigenvalue weighted by atomic mass is 35.5. The SMILES string of the molecule is CN(C)c1nc2ccc(C(O)(c3ccccn3)c3cncn3C)cc2c(Cl)c1-c1ccccc1. The molecule has 5 rings (SSSR count). The Hall–Kier alpha value is -3.74. The molecule has 0 aliphatic rings. The quantitative estimate of drug-likeness (QED) is 0.391. The summed E-state index contributed by atoms with van der Waals surface area (Å²) in [7, 11) is 5.75. The Morgan fingerprint density at radius 3 is 2.41 bits per heavy atom. The molecule has 2 aromatic carbocycles. The number of benzene rings is 2. The molecule has 0 radical (unpaired) electrons. The fourth-order valence-electron chi connectivity index (χ4n) is 4.33. The van der Waals surface area contributed by atoms with Crippen LogP contribution in [0.4, 0.5) is 5.82 Å². The van der Waals surface area contributed by atoms with E-state index < -0.39 is 5.60 Å². The summed E-state index contributed by atoms with van der Waals surface area (Å²) in [5, 5.41) is 13.5. The molecule has 1 atom stereocenters. The van der Waals surface area contributed by atoms with Crippen molar-refractivity contribution in [3.05, 3.63) is 107 Å². The summed E-state index contributed by atoms with van der Waals surface area (Å²) in [6, 6.07) is 21.1. The standard InChI is InChI=1S/C27H24ClN5O/c1-32(2)26-24(18-9-5-4-6-10-18)25(28)20-15-19(12-13-21(20)31-26)27(34,22-11-7-8-14-30-22)23-16-29-17-33(23)3/h4-17,34H,1-3H3. The van der Waals surface area contributed by atoms with Crippen molar-refractivity contribution in [2.75, 3.05) is 19.0 Å². The van der Waals surface area contributed by atoms with Crippen LogP contribution in [0.15, 0.2) is 85.5 Å². The molecule has 0 spiro atoms. The zero-order valence-corrected chi connectivity index (χ0v) is 19.9. The van der Waals surface area contributed by atoms with Crippen LogP contribution in [0, 0.1) is 0 Å². The average molecular weight is 470 g/mol. The van der Waals surface area contributed by atoms with Crippen molar-refractivity contribution >= 4 is 28.3 Å². The summed E-state index contributed by atoms with van der Waals surface area (Å²) in [5.74, 6) is 0.781. The number of anilines is 1. The second-order valence-corrected chi connectivity index (χ2v) is 8.81. The zero-order valence-electron chi connectivity index (χ0n) is 19.1. The highest BCUT2D eigenvalue weighted by Gasteiger charge is 2.38. The van der Waals surface area contributed by atoms with Crippen LogP contribution in [-0.4, -0.2) is 38.7 Å². The molecule has 0 saturated heterocycles. The normalized spacial score (nSPS) is 13.1. The number of imidazole rings is 1. The number of halogens is 1. The highest BCUT2D eigenvalue weighted by Crippen LogP contribution is 2.42. The molecule has 0 aliphatic carbocycles. The summed E-state index contributed by atoms with van der Waals surface area (Å²) in [6.45, 7) is 0. The lowest BCUT2D eigenvalue weighted by Crippen LogP contribution is -2.32. The first-order valence-electron chi connectivity index (χ1n) is 10.9. The van der Waals surface area contributed by atoms with Crippen molar-refractivity contribution in [2.24, 2.45) is 7.05 Å². The molecule has 0 amide bonds. The zero-order chi connectivity index (χ0) is 23.9. The number of nitrogens with zero attached hydrogens (tertiary/aromatic N) is 5. The largest absolute Gasteiger partial charge is 0.373 e. The lowest BCUT2D eigenvalue weighted by atomic mass is 9.86. The molecular formula is C27H24ClN5O. The van der Waals surface area contributed by atoms with E-state index in [1.807, 2.05) is 92.8 Å². The van der Waals surface area contributed by atoms with E-state index in [4.69, 9.17) is 16.6 Å². The first kappa shape index (κ1) is 22.1. The maximum absolute atomic E-state index is 12.2. The minimum absolute atomic E-state index is 0.496. The number of fused-ring (bicyclic) bond motifs is 1. The van der Waals surface area contributed by atoms with Gasteiger partial charge in [-0.05, 0) is 35.4 Å². The lowest BCUT2D eigenvalue weighted by Gasteiger charge is -2.29. The van der Waals surface area contributed by atoms with E-state index in [1.165, 1.54) is 0 Å². The summed E-state index contributed by atoms with van der Waals surface area (Å²) in [6.07, 6.45) is 4.99. The van der Waals surface area contributed by atoms with Crippen molar-refractivity contribution in [3.63, 3.8) is 0 Å². The van der Waals surface area contributed by atoms with Crippen LogP contribution in [0.5, 0.6) is 0 Å². The van der Waals surface area contributed by atoms with Gasteiger partial charge in [-0.1, -0.05) is 54.1 Å². The van der Waals surface area contributed by atoms with Crippen molar-refractivity contribution in [3.8, 4) is 11.1 Å². The molecule has 0 aliphatic heterocycles. The van der Waals surface area contributed by atoms with E-state index in [2.05, 4.69) is 9.97 Å². The van der Waals surface area contributed by atoms with E-state index in [1.54, 1.807) is 23.3 Å². The monoisotopic (exact) mass is 469 g/mol. The molecule has 5 aromatic rings. The van der Waals surface area contributed by atoms with Crippen LogP contribution in [0.2, 0.25) is 5.02 Å². The summed E-state index contributed by atoms with van der Waals surface area (Å²) >= 11 is 7.07. The van der Waals surface area contributed by atoms with Crippen LogP contribution in [0.25, 0.3) is 22.0 Å². The minimum atomic E-state index is -1.53. The third-order valence-corrected chi connectivity index (χ3v) is 6.42. The fraction of sp³-hybridized carbons (Fsp3) is 0.148. The van der Waals surface area contributed by atoms with Gasteiger partial charge >= 0.3 is 0 Å². The van der Waals surface area contributed by atoms with E-state index in [0.717, 1.165) is 27.8 Å². The van der Waals surface area contributed by atoms with Crippen LogP contribution in [0.3, 0.4) is 0 Å². The molecule has 170 valence electrons. The Kier molecular flexibility index (Phi) is 5.55. The third kappa shape index (κ3) is 3.52. The Balaban J connectivity index is 1.81. The maximum Gasteiger partial charge on any atom is 0.173 e. The number of aromatic nitrogens is 4. The van der Waals surface area contributed by atoms with Gasteiger partial charge in [-0.3, -0.25) is 4.98 Å². The van der Waals surface area contributed by atoms with Gasteiger partial charge in [-0.15, -0.1) is 0 Å². The van der Waals surface area contributed by atoms with Gasteiger partial charge in [0.25, 0.3) is 0 Å². The maximum atomic E-state index is 12.2. The predicted molar refractivity (Wildman–Crippen MR) is 136 cm³/mol.